The number of rotatable bonds is 3. The van der Waals surface area contributed by atoms with Crippen LogP contribution in [-0.2, 0) is 0 Å². The Morgan fingerprint density at radius 1 is 1.54 bits per heavy atom. The molecule has 1 heterocycles. The van der Waals surface area contributed by atoms with Crippen molar-refractivity contribution in [2.45, 2.75) is 19.5 Å². The zero-order valence-corrected chi connectivity index (χ0v) is 9.14. The zero-order valence-electron chi connectivity index (χ0n) is 7.55. The number of aromatic nitrogens is 1. The second-order valence-corrected chi connectivity index (χ2v) is 4.24. The summed E-state index contributed by atoms with van der Waals surface area (Å²) in [6.07, 6.45) is 1.61. The third kappa shape index (κ3) is 4.22. The van der Waals surface area contributed by atoms with Crippen molar-refractivity contribution < 1.29 is 9.13 Å². The van der Waals surface area contributed by atoms with Crippen LogP contribution in [0.5, 0.6) is 5.88 Å². The largest absolute Gasteiger partial charge is 0.474 e. The quantitative estimate of drug-likeness (QED) is 0.820. The van der Waals surface area contributed by atoms with Gasteiger partial charge in [0.05, 0.1) is 0 Å². The van der Waals surface area contributed by atoms with Gasteiger partial charge in [-0.3, -0.25) is 0 Å². The highest BCUT2D eigenvalue weighted by molar-refractivity contribution is 9.10. The van der Waals surface area contributed by atoms with Crippen LogP contribution in [0.1, 0.15) is 13.8 Å². The minimum Gasteiger partial charge on any atom is -0.474 e. The smallest absolute Gasteiger partial charge is 0.213 e. The Balaban J connectivity index is 2.51. The molecule has 0 fully saturated rings. The lowest BCUT2D eigenvalue weighted by Gasteiger charge is -2.14. The fourth-order valence-corrected chi connectivity index (χ4v) is 0.928. The summed E-state index contributed by atoms with van der Waals surface area (Å²) >= 11 is 3.24. The van der Waals surface area contributed by atoms with Crippen LogP contribution in [0.3, 0.4) is 0 Å². The molecule has 72 valence electrons. The molecule has 0 saturated heterocycles. The highest BCUT2D eigenvalue weighted by atomic mass is 79.9. The van der Waals surface area contributed by atoms with Gasteiger partial charge in [0.25, 0.3) is 0 Å². The number of hydrogen-bond donors (Lipinski definition) is 0. The Hall–Kier alpha value is -0.640. The third-order valence-electron chi connectivity index (χ3n) is 1.26. The van der Waals surface area contributed by atoms with Crippen molar-refractivity contribution in [1.82, 2.24) is 4.98 Å². The normalized spacial score (nSPS) is 11.4. The molecule has 0 aliphatic carbocycles. The Morgan fingerprint density at radius 3 is 2.69 bits per heavy atom. The first-order valence-electron chi connectivity index (χ1n) is 3.91. The molecule has 2 nitrogen and oxygen atoms in total. The lowest BCUT2D eigenvalue weighted by Crippen LogP contribution is -2.22. The second-order valence-electron chi connectivity index (χ2n) is 3.32. The van der Waals surface area contributed by atoms with Crippen LogP contribution >= 0.6 is 15.9 Å². The molecular weight excluding hydrogens is 237 g/mol. The van der Waals surface area contributed by atoms with Crippen LogP contribution in [-0.4, -0.2) is 17.3 Å². The lowest BCUT2D eigenvalue weighted by molar-refractivity contribution is 0.117. The SMILES string of the molecule is CC(C)(F)COc1ccc(Br)cn1. The number of pyridine rings is 1. The fraction of sp³-hybridized carbons (Fsp3) is 0.444. The van der Waals surface area contributed by atoms with E-state index in [-0.39, 0.29) is 6.61 Å². The van der Waals surface area contributed by atoms with Crippen LogP contribution in [0.15, 0.2) is 22.8 Å². The summed E-state index contributed by atoms with van der Waals surface area (Å²) in [5.74, 6) is 0.439. The highest BCUT2D eigenvalue weighted by Gasteiger charge is 2.16. The van der Waals surface area contributed by atoms with Crippen molar-refractivity contribution in [2.24, 2.45) is 0 Å². The van der Waals surface area contributed by atoms with Gasteiger partial charge in [-0.15, -0.1) is 0 Å². The Bertz CT molecular complexity index is 268. The summed E-state index contributed by atoms with van der Waals surface area (Å²) in [4.78, 5) is 3.95. The molecular formula is C9H11BrFNO. The second kappa shape index (κ2) is 4.05. The molecule has 0 N–H and O–H groups in total. The van der Waals surface area contributed by atoms with Crippen molar-refractivity contribution in [3.05, 3.63) is 22.8 Å². The van der Waals surface area contributed by atoms with Crippen LogP contribution in [0.25, 0.3) is 0 Å². The molecule has 13 heavy (non-hydrogen) atoms. The van der Waals surface area contributed by atoms with Crippen molar-refractivity contribution in [3.63, 3.8) is 0 Å². The lowest BCUT2D eigenvalue weighted by atomic mass is 10.2. The molecule has 0 amide bonds. The monoisotopic (exact) mass is 247 g/mol. The number of nitrogens with zero attached hydrogens (tertiary/aromatic N) is 1. The van der Waals surface area contributed by atoms with Gasteiger partial charge >= 0.3 is 0 Å². The minimum atomic E-state index is -1.32. The van der Waals surface area contributed by atoms with Gasteiger partial charge in [0.15, 0.2) is 0 Å². The van der Waals surface area contributed by atoms with Gasteiger partial charge in [0.2, 0.25) is 5.88 Å². The maximum absolute atomic E-state index is 13.0. The van der Waals surface area contributed by atoms with Crippen LogP contribution in [0, 0.1) is 0 Å². The molecule has 0 unspecified atom stereocenters. The Labute approximate surface area is 85.3 Å². The van der Waals surface area contributed by atoms with E-state index in [4.69, 9.17) is 4.74 Å². The molecule has 0 saturated carbocycles. The molecule has 0 aliphatic heterocycles. The maximum Gasteiger partial charge on any atom is 0.213 e. The maximum atomic E-state index is 13.0. The van der Waals surface area contributed by atoms with E-state index < -0.39 is 5.67 Å². The fourth-order valence-electron chi connectivity index (χ4n) is 0.693. The van der Waals surface area contributed by atoms with Gasteiger partial charge in [-0.1, -0.05) is 0 Å². The van der Waals surface area contributed by atoms with E-state index in [1.807, 2.05) is 0 Å². The number of hydrogen-bond acceptors (Lipinski definition) is 2. The molecule has 0 spiro atoms. The van der Waals surface area contributed by atoms with Gasteiger partial charge in [0.1, 0.15) is 12.3 Å². The van der Waals surface area contributed by atoms with Crippen molar-refractivity contribution in [1.29, 1.82) is 0 Å². The van der Waals surface area contributed by atoms with E-state index in [0.717, 1.165) is 4.47 Å². The van der Waals surface area contributed by atoms with Crippen LogP contribution in [0.4, 0.5) is 4.39 Å². The molecule has 0 atom stereocenters. The average molecular weight is 248 g/mol. The topological polar surface area (TPSA) is 22.1 Å². The summed E-state index contributed by atoms with van der Waals surface area (Å²) in [7, 11) is 0. The molecule has 0 radical (unpaired) electrons. The minimum absolute atomic E-state index is 0.0155. The van der Waals surface area contributed by atoms with Crippen molar-refractivity contribution in [2.75, 3.05) is 6.61 Å². The van der Waals surface area contributed by atoms with Gasteiger partial charge in [-0.05, 0) is 35.8 Å². The average Bonchev–Trinajstić information content (AvgIpc) is 2.02. The van der Waals surface area contributed by atoms with Crippen LogP contribution < -0.4 is 4.74 Å². The molecule has 1 aromatic rings. The molecule has 1 rings (SSSR count). The molecule has 1 aromatic heterocycles. The van der Waals surface area contributed by atoms with Crippen molar-refractivity contribution >= 4 is 15.9 Å². The van der Waals surface area contributed by atoms with Gasteiger partial charge < -0.3 is 4.74 Å². The zero-order chi connectivity index (χ0) is 9.90. The van der Waals surface area contributed by atoms with E-state index in [1.54, 1.807) is 18.3 Å². The number of ether oxygens (including phenoxy) is 1. The number of alkyl halides is 1. The Kier molecular flexibility index (Phi) is 3.25. The van der Waals surface area contributed by atoms with E-state index in [0.29, 0.717) is 5.88 Å². The van der Waals surface area contributed by atoms with Gasteiger partial charge in [-0.2, -0.15) is 0 Å². The number of halogens is 2. The molecule has 0 aliphatic rings. The predicted molar refractivity (Wildman–Crippen MR) is 52.6 cm³/mol. The highest BCUT2D eigenvalue weighted by Crippen LogP contribution is 2.15. The first-order valence-corrected chi connectivity index (χ1v) is 4.70. The predicted octanol–water partition coefficient (Wildman–Crippen LogP) is 2.97. The summed E-state index contributed by atoms with van der Waals surface area (Å²) in [6, 6.07) is 3.49. The van der Waals surface area contributed by atoms with Gasteiger partial charge in [-0.25, -0.2) is 9.37 Å². The van der Waals surface area contributed by atoms with Gasteiger partial charge in [0, 0.05) is 16.7 Å². The van der Waals surface area contributed by atoms with Crippen LogP contribution in [0.2, 0.25) is 0 Å². The molecule has 0 aromatic carbocycles. The summed E-state index contributed by atoms with van der Waals surface area (Å²) in [5.41, 5.74) is -1.32. The Morgan fingerprint density at radius 2 is 2.23 bits per heavy atom. The molecule has 0 bridgehead atoms. The first-order chi connectivity index (χ1) is 5.97. The third-order valence-corrected chi connectivity index (χ3v) is 1.73. The van der Waals surface area contributed by atoms with E-state index in [2.05, 4.69) is 20.9 Å². The summed E-state index contributed by atoms with van der Waals surface area (Å²) in [5, 5.41) is 0. The molecule has 4 heteroatoms. The van der Waals surface area contributed by atoms with Crippen molar-refractivity contribution in [3.8, 4) is 5.88 Å². The summed E-state index contributed by atoms with van der Waals surface area (Å²) in [6.45, 7) is 2.94. The standard InChI is InChI=1S/C9H11BrFNO/c1-9(2,11)6-13-8-4-3-7(10)5-12-8/h3-5H,6H2,1-2H3. The summed E-state index contributed by atoms with van der Waals surface area (Å²) < 4.78 is 19.0. The first kappa shape index (κ1) is 10.4. The van der Waals surface area contributed by atoms with E-state index in [9.17, 15) is 4.39 Å². The van der Waals surface area contributed by atoms with E-state index in [1.165, 1.54) is 13.8 Å². The van der Waals surface area contributed by atoms with E-state index >= 15 is 0 Å².